The fourth-order valence-electron chi connectivity index (χ4n) is 8.47. The molecule has 55 heavy (non-hydrogen) atoms. The number of fused-ring (bicyclic) bond motifs is 4. The average molecular weight is 749 g/mol. The smallest absolute Gasteiger partial charge is 0.265 e. The van der Waals surface area contributed by atoms with Crippen molar-refractivity contribution >= 4 is 51.9 Å². The molecule has 2 aromatic heterocycles. The van der Waals surface area contributed by atoms with Crippen LogP contribution in [0.1, 0.15) is 77.6 Å². The van der Waals surface area contributed by atoms with E-state index in [0.717, 1.165) is 103 Å². The van der Waals surface area contributed by atoms with Crippen LogP contribution in [0.15, 0.2) is 78.9 Å². The first kappa shape index (κ1) is 34.9. The topological polar surface area (TPSA) is 128 Å². The number of benzene rings is 3. The molecule has 1 aliphatic carbocycles. The van der Waals surface area contributed by atoms with Gasteiger partial charge in [0.2, 0.25) is 0 Å². The highest BCUT2D eigenvalue weighted by molar-refractivity contribution is 7.17. The van der Waals surface area contributed by atoms with Crippen LogP contribution in [0.3, 0.4) is 0 Å². The number of nitrogens with zero attached hydrogens (tertiary/aromatic N) is 4. The Kier molecular flexibility index (Phi) is 8.95. The summed E-state index contributed by atoms with van der Waals surface area (Å²) in [6.45, 7) is 5.65. The van der Waals surface area contributed by atoms with Crippen LogP contribution in [0.25, 0.3) is 10.4 Å². The summed E-state index contributed by atoms with van der Waals surface area (Å²) in [7, 11) is 0. The minimum atomic E-state index is -0.269. The van der Waals surface area contributed by atoms with Crippen molar-refractivity contribution in [3.63, 3.8) is 0 Å². The number of hydrogen-bond donors (Lipinski definition) is 2. The number of hydrogen-bond acceptors (Lipinski definition) is 8. The van der Waals surface area contributed by atoms with Gasteiger partial charge in [-0.25, -0.2) is 4.98 Å². The SMILES string of the molecule is Cc1cccc(C#N)c1NC(=O)c1cc2c(s1)-c1ccccc1N(C(=O)c1ccc(NC(=O)c3cc4c(nc3N3CC5(CCOCC5)C3)CCC4)cc1)CC2. The van der Waals surface area contributed by atoms with Gasteiger partial charge < -0.3 is 25.2 Å². The number of amides is 3. The predicted octanol–water partition coefficient (Wildman–Crippen LogP) is 7.80. The molecule has 5 heterocycles. The van der Waals surface area contributed by atoms with Crippen molar-refractivity contribution in [2.24, 2.45) is 5.41 Å². The number of nitrogens with one attached hydrogen (secondary N) is 2. The lowest BCUT2D eigenvalue weighted by Crippen LogP contribution is -2.59. The van der Waals surface area contributed by atoms with Gasteiger partial charge >= 0.3 is 0 Å². The van der Waals surface area contributed by atoms with Gasteiger partial charge in [0, 0.05) is 65.6 Å². The summed E-state index contributed by atoms with van der Waals surface area (Å²) >= 11 is 1.39. The molecule has 3 aliphatic heterocycles. The van der Waals surface area contributed by atoms with Crippen molar-refractivity contribution in [3.8, 4) is 16.5 Å². The molecule has 276 valence electrons. The molecule has 11 heteroatoms. The first-order chi connectivity index (χ1) is 26.8. The van der Waals surface area contributed by atoms with Gasteiger partial charge in [-0.1, -0.05) is 30.3 Å². The highest BCUT2D eigenvalue weighted by atomic mass is 32.1. The van der Waals surface area contributed by atoms with Crippen LogP contribution in [0.4, 0.5) is 22.9 Å². The van der Waals surface area contributed by atoms with Gasteiger partial charge in [-0.3, -0.25) is 14.4 Å². The number of para-hydroxylation sites is 2. The third-order valence-electron chi connectivity index (χ3n) is 11.5. The maximum absolute atomic E-state index is 14.1. The van der Waals surface area contributed by atoms with E-state index in [1.54, 1.807) is 41.3 Å². The monoisotopic (exact) mass is 748 g/mol. The van der Waals surface area contributed by atoms with E-state index < -0.39 is 0 Å². The molecule has 0 saturated carbocycles. The normalized spacial score (nSPS) is 16.6. The Bertz CT molecular complexity index is 2400. The maximum Gasteiger partial charge on any atom is 0.265 e. The number of aryl methyl sites for hydroxylation is 3. The van der Waals surface area contributed by atoms with Crippen LogP contribution >= 0.6 is 11.3 Å². The van der Waals surface area contributed by atoms with Crippen LogP contribution in [0.2, 0.25) is 0 Å². The van der Waals surface area contributed by atoms with Crippen LogP contribution in [-0.2, 0) is 24.0 Å². The Labute approximate surface area is 323 Å². The van der Waals surface area contributed by atoms with Gasteiger partial charge in [0.05, 0.1) is 27.4 Å². The minimum Gasteiger partial charge on any atom is -0.381 e. The summed E-state index contributed by atoms with van der Waals surface area (Å²) in [4.78, 5) is 52.0. The molecule has 0 unspecified atom stereocenters. The standard InChI is InChI=1S/C44H40N6O4S/c1-27-6-4-8-31(24-45)38(27)48-42(52)37-23-30-16-19-50(36-11-3-2-9-33(36)39(30)55-37)43(53)28-12-14-32(15-13-28)46-41(51)34-22-29-7-5-10-35(29)47-40(34)49-25-44(26-49)17-20-54-21-18-44/h2-4,6,8-9,11-15,22-23H,5,7,10,16-21,25-26H2,1H3,(H,46,51)(H,48,52). The molecule has 3 amide bonds. The molecule has 2 fully saturated rings. The average Bonchev–Trinajstić information content (AvgIpc) is 3.82. The molecule has 1 spiro atoms. The lowest BCUT2D eigenvalue weighted by atomic mass is 9.73. The Morgan fingerprint density at radius 3 is 2.49 bits per heavy atom. The number of nitriles is 1. The van der Waals surface area contributed by atoms with Crippen molar-refractivity contribution in [2.45, 2.75) is 45.4 Å². The first-order valence-electron chi connectivity index (χ1n) is 18.9. The molecule has 4 aliphatic rings. The quantitative estimate of drug-likeness (QED) is 0.181. The highest BCUT2D eigenvalue weighted by Crippen LogP contribution is 2.44. The summed E-state index contributed by atoms with van der Waals surface area (Å²) in [5, 5.41) is 15.6. The maximum atomic E-state index is 14.1. The molecule has 3 aromatic carbocycles. The molecule has 0 bridgehead atoms. The summed E-state index contributed by atoms with van der Waals surface area (Å²) in [6.07, 6.45) is 5.57. The molecular weight excluding hydrogens is 709 g/mol. The van der Waals surface area contributed by atoms with E-state index in [4.69, 9.17) is 9.72 Å². The molecule has 5 aromatic rings. The van der Waals surface area contributed by atoms with Gasteiger partial charge in [-0.05, 0) is 111 Å². The van der Waals surface area contributed by atoms with Crippen LogP contribution in [0, 0.1) is 23.7 Å². The second-order valence-corrected chi connectivity index (χ2v) is 16.1. The number of thiophene rings is 1. The van der Waals surface area contributed by atoms with E-state index in [0.29, 0.717) is 45.9 Å². The zero-order valence-corrected chi connectivity index (χ0v) is 31.4. The van der Waals surface area contributed by atoms with Crippen molar-refractivity contribution < 1.29 is 19.1 Å². The number of ether oxygens (including phenoxy) is 1. The summed E-state index contributed by atoms with van der Waals surface area (Å²) in [5.74, 6) is 0.151. The van der Waals surface area contributed by atoms with Crippen molar-refractivity contribution in [2.75, 3.05) is 53.3 Å². The molecule has 2 saturated heterocycles. The second kappa shape index (κ2) is 14.1. The van der Waals surface area contributed by atoms with Gasteiger partial charge in [-0.2, -0.15) is 5.26 Å². The van der Waals surface area contributed by atoms with Crippen LogP contribution in [0.5, 0.6) is 0 Å². The van der Waals surface area contributed by atoms with E-state index >= 15 is 0 Å². The van der Waals surface area contributed by atoms with E-state index in [-0.39, 0.29) is 23.1 Å². The number of carbonyl (C=O) groups excluding carboxylic acids is 3. The fraction of sp³-hybridized carbons (Fsp3) is 0.295. The molecule has 9 rings (SSSR count). The number of carbonyl (C=O) groups is 3. The van der Waals surface area contributed by atoms with E-state index in [2.05, 4.69) is 21.6 Å². The lowest BCUT2D eigenvalue weighted by Gasteiger charge is -2.53. The lowest BCUT2D eigenvalue weighted by molar-refractivity contribution is -0.000521. The largest absolute Gasteiger partial charge is 0.381 e. The van der Waals surface area contributed by atoms with Crippen LogP contribution in [-0.4, -0.2) is 55.6 Å². The zero-order chi connectivity index (χ0) is 37.7. The summed E-state index contributed by atoms with van der Waals surface area (Å²) in [5.41, 5.74) is 8.60. The molecular formula is C44H40N6O4S. The Hall–Kier alpha value is -5.83. The Balaban J connectivity index is 0.917. The van der Waals surface area contributed by atoms with Gasteiger partial charge in [0.1, 0.15) is 11.9 Å². The van der Waals surface area contributed by atoms with Crippen molar-refractivity contribution in [3.05, 3.63) is 123 Å². The number of rotatable bonds is 6. The number of pyridine rings is 1. The number of aromatic nitrogens is 1. The van der Waals surface area contributed by atoms with Crippen molar-refractivity contribution in [1.82, 2.24) is 4.98 Å². The Morgan fingerprint density at radius 2 is 1.69 bits per heavy atom. The molecule has 10 nitrogen and oxygen atoms in total. The minimum absolute atomic E-state index is 0.146. The molecule has 0 atom stereocenters. The van der Waals surface area contributed by atoms with Gasteiger partial charge in [0.15, 0.2) is 0 Å². The van der Waals surface area contributed by atoms with Gasteiger partial charge in [0.25, 0.3) is 17.7 Å². The Morgan fingerprint density at radius 1 is 0.891 bits per heavy atom. The summed E-state index contributed by atoms with van der Waals surface area (Å²) < 4.78 is 5.61. The second-order valence-electron chi connectivity index (χ2n) is 15.1. The third-order valence-corrected chi connectivity index (χ3v) is 12.7. The zero-order valence-electron chi connectivity index (χ0n) is 30.6. The third kappa shape index (κ3) is 6.45. The van der Waals surface area contributed by atoms with Crippen LogP contribution < -0.4 is 20.4 Å². The van der Waals surface area contributed by atoms with E-state index in [1.165, 1.54) is 11.3 Å². The van der Waals surface area contributed by atoms with E-state index in [1.807, 2.05) is 49.4 Å². The molecule has 0 radical (unpaired) electrons. The highest BCUT2D eigenvalue weighted by Gasteiger charge is 2.45. The predicted molar refractivity (Wildman–Crippen MR) is 214 cm³/mol. The first-order valence-corrected chi connectivity index (χ1v) is 19.7. The summed E-state index contributed by atoms with van der Waals surface area (Å²) in [6, 6.07) is 26.3. The number of anilines is 4. The van der Waals surface area contributed by atoms with E-state index in [9.17, 15) is 19.6 Å². The van der Waals surface area contributed by atoms with Gasteiger partial charge in [-0.15, -0.1) is 11.3 Å². The molecule has 2 N–H and O–H groups in total. The van der Waals surface area contributed by atoms with Crippen molar-refractivity contribution in [1.29, 1.82) is 5.26 Å². The fourth-order valence-corrected chi connectivity index (χ4v) is 9.61.